The van der Waals surface area contributed by atoms with Gasteiger partial charge in [0.05, 0.1) is 6.20 Å². The Bertz CT molecular complexity index is 912. The average Bonchev–Trinajstić information content (AvgIpc) is 2.98. The number of hydrogen-bond acceptors (Lipinski definition) is 4. The van der Waals surface area contributed by atoms with E-state index in [1.165, 1.54) is 10.7 Å². The lowest BCUT2D eigenvalue weighted by Gasteiger charge is -2.27. The topological polar surface area (TPSA) is 57.5 Å². The zero-order chi connectivity index (χ0) is 17.9. The van der Waals surface area contributed by atoms with Gasteiger partial charge in [0.25, 0.3) is 5.82 Å². The summed E-state index contributed by atoms with van der Waals surface area (Å²) in [6.45, 7) is 4.96. The van der Waals surface area contributed by atoms with E-state index in [4.69, 9.17) is 17.3 Å². The van der Waals surface area contributed by atoms with Crippen molar-refractivity contribution in [3.63, 3.8) is 0 Å². The van der Waals surface area contributed by atoms with Gasteiger partial charge in [-0.15, -0.1) is 5.10 Å². The van der Waals surface area contributed by atoms with E-state index in [0.717, 1.165) is 49.0 Å². The molecule has 0 radical (unpaired) electrons. The molecule has 7 nitrogen and oxygen atoms in total. The van der Waals surface area contributed by atoms with Crippen molar-refractivity contribution in [2.24, 2.45) is 7.05 Å². The molecule has 4 heterocycles. The van der Waals surface area contributed by atoms with Crippen LogP contribution in [-0.4, -0.2) is 45.5 Å². The van der Waals surface area contributed by atoms with E-state index in [-0.39, 0.29) is 0 Å². The summed E-state index contributed by atoms with van der Waals surface area (Å²) in [5.41, 5.74) is 1.03. The van der Waals surface area contributed by atoms with Crippen molar-refractivity contribution in [3.8, 4) is 11.4 Å². The van der Waals surface area contributed by atoms with Crippen molar-refractivity contribution in [2.75, 3.05) is 31.1 Å². The van der Waals surface area contributed by atoms with Crippen LogP contribution >= 0.6 is 12.2 Å². The van der Waals surface area contributed by atoms with Crippen LogP contribution in [0.5, 0.6) is 0 Å². The molecule has 3 aromatic heterocycles. The van der Waals surface area contributed by atoms with Crippen LogP contribution in [0.4, 0.5) is 5.82 Å². The molecule has 26 heavy (non-hydrogen) atoms. The van der Waals surface area contributed by atoms with Gasteiger partial charge >= 0.3 is 0 Å². The minimum absolute atomic E-state index is 0.753. The van der Waals surface area contributed by atoms with Crippen molar-refractivity contribution in [3.05, 3.63) is 53.7 Å². The first kappa shape index (κ1) is 16.9. The van der Waals surface area contributed by atoms with Crippen molar-refractivity contribution in [1.29, 1.82) is 0 Å². The van der Waals surface area contributed by atoms with Gasteiger partial charge in [0.1, 0.15) is 26.2 Å². The summed E-state index contributed by atoms with van der Waals surface area (Å²) in [6.07, 6.45) is 5.54. The van der Waals surface area contributed by atoms with Gasteiger partial charge in [0.2, 0.25) is 4.77 Å². The molecular weight excluding hydrogens is 346 g/mol. The van der Waals surface area contributed by atoms with Gasteiger partial charge in [-0.25, -0.2) is 4.98 Å². The highest BCUT2D eigenvalue weighted by atomic mass is 32.1. The van der Waals surface area contributed by atoms with Gasteiger partial charge in [-0.2, -0.15) is 4.68 Å². The predicted octanol–water partition coefficient (Wildman–Crippen LogP) is 0.190. The number of rotatable bonds is 4. The molecule has 134 valence electrons. The number of piperazine rings is 1. The molecule has 0 amide bonds. The van der Waals surface area contributed by atoms with E-state index >= 15 is 0 Å². The second kappa shape index (κ2) is 7.35. The molecule has 8 heteroatoms. The Morgan fingerprint density at radius 3 is 2.62 bits per heavy atom. The maximum Gasteiger partial charge on any atom is 0.274 e. The molecule has 1 saturated heterocycles. The molecular formula is C18H23N7S+2. The molecule has 0 spiro atoms. The number of aromatic amines is 1. The Morgan fingerprint density at radius 2 is 1.92 bits per heavy atom. The summed E-state index contributed by atoms with van der Waals surface area (Å²) >= 11 is 5.60. The van der Waals surface area contributed by atoms with E-state index in [1.54, 1.807) is 12.4 Å². The lowest BCUT2D eigenvalue weighted by atomic mass is 10.2. The van der Waals surface area contributed by atoms with Gasteiger partial charge in [-0.1, -0.05) is 6.07 Å². The Balaban J connectivity index is 1.45. The molecule has 0 saturated carbocycles. The lowest BCUT2D eigenvalue weighted by Crippen LogP contribution is -3.14. The normalized spacial score (nSPS) is 15.3. The van der Waals surface area contributed by atoms with Crippen molar-refractivity contribution < 1.29 is 9.88 Å². The summed E-state index contributed by atoms with van der Waals surface area (Å²) in [7, 11) is 1.97. The molecule has 2 N–H and O–H groups in total. The fourth-order valence-electron chi connectivity index (χ4n) is 3.36. The third-order valence-corrected chi connectivity index (χ3v) is 5.34. The third-order valence-electron chi connectivity index (χ3n) is 4.86. The number of pyridine rings is 2. The molecule has 3 aromatic rings. The van der Waals surface area contributed by atoms with Crippen LogP contribution in [0.3, 0.4) is 0 Å². The quantitative estimate of drug-likeness (QED) is 0.667. The minimum atomic E-state index is 0.753. The third kappa shape index (κ3) is 3.38. The maximum absolute atomic E-state index is 5.60. The second-order valence-corrected chi connectivity index (χ2v) is 6.91. The number of nitrogens with zero attached hydrogens (tertiary/aromatic N) is 5. The van der Waals surface area contributed by atoms with Gasteiger partial charge < -0.3 is 9.47 Å². The Hall–Kier alpha value is -2.58. The maximum atomic E-state index is 5.60. The van der Waals surface area contributed by atoms with Crippen molar-refractivity contribution >= 4 is 18.0 Å². The average molecular weight is 369 g/mol. The largest absolute Gasteiger partial charge is 0.310 e. The highest BCUT2D eigenvalue weighted by molar-refractivity contribution is 7.71. The molecule has 0 bridgehead atoms. The van der Waals surface area contributed by atoms with Crippen LogP contribution in [0, 0.1) is 4.77 Å². The number of hydrogen-bond donors (Lipinski definition) is 1. The second-order valence-electron chi connectivity index (χ2n) is 6.54. The first-order chi connectivity index (χ1) is 12.7. The fourth-order valence-corrected chi connectivity index (χ4v) is 3.55. The Kier molecular flexibility index (Phi) is 4.77. The summed E-state index contributed by atoms with van der Waals surface area (Å²) in [6, 6.07) is 10.1. The highest BCUT2D eigenvalue weighted by Crippen LogP contribution is 2.15. The van der Waals surface area contributed by atoms with E-state index in [9.17, 15) is 0 Å². The molecule has 1 aliphatic heterocycles. The number of anilines is 1. The van der Waals surface area contributed by atoms with Gasteiger partial charge in [-0.3, -0.25) is 9.88 Å². The smallest absolute Gasteiger partial charge is 0.274 e. The van der Waals surface area contributed by atoms with Gasteiger partial charge in [-0.05, 0) is 30.4 Å². The predicted molar refractivity (Wildman–Crippen MR) is 101 cm³/mol. The zero-order valence-electron chi connectivity index (χ0n) is 14.8. The number of nitrogens with one attached hydrogen (secondary N) is 2. The first-order valence-electron chi connectivity index (χ1n) is 8.82. The number of aromatic nitrogens is 5. The van der Waals surface area contributed by atoms with E-state index in [0.29, 0.717) is 0 Å². The number of H-pyrrole nitrogens is 1. The standard InChI is InChI=1S/C18H21N7S/c1-22-17(15-5-8-19-9-6-15)21-25(18(22)26)14-23-10-12-24(13-11-23)16-4-2-3-7-20-16/h2-9H,10-14H2,1H3/p+2. The molecule has 4 rings (SSSR count). The molecule has 0 aliphatic carbocycles. The fraction of sp³-hybridized carbons (Fsp3) is 0.333. The van der Waals surface area contributed by atoms with Crippen LogP contribution in [0.15, 0.2) is 48.9 Å². The molecule has 0 aromatic carbocycles. The van der Waals surface area contributed by atoms with Crippen LogP contribution in [0.2, 0.25) is 0 Å². The van der Waals surface area contributed by atoms with Crippen LogP contribution < -0.4 is 14.8 Å². The molecule has 1 fully saturated rings. The Morgan fingerprint density at radius 1 is 1.15 bits per heavy atom. The number of quaternary nitrogens is 1. The Labute approximate surface area is 157 Å². The zero-order valence-corrected chi connectivity index (χ0v) is 15.6. The van der Waals surface area contributed by atoms with E-state index < -0.39 is 0 Å². The van der Waals surface area contributed by atoms with E-state index in [2.05, 4.69) is 27.0 Å². The monoisotopic (exact) mass is 369 g/mol. The molecule has 1 aliphatic rings. The highest BCUT2D eigenvalue weighted by Gasteiger charge is 2.26. The van der Waals surface area contributed by atoms with Crippen molar-refractivity contribution in [2.45, 2.75) is 6.67 Å². The van der Waals surface area contributed by atoms with Gasteiger partial charge in [0, 0.05) is 31.1 Å². The summed E-state index contributed by atoms with van der Waals surface area (Å²) in [5.74, 6) is 2.07. The summed E-state index contributed by atoms with van der Waals surface area (Å²) in [4.78, 5) is 11.3. The molecule has 0 atom stereocenters. The van der Waals surface area contributed by atoms with Gasteiger partial charge in [0.15, 0.2) is 12.5 Å². The van der Waals surface area contributed by atoms with E-state index in [1.807, 2.05) is 40.7 Å². The summed E-state index contributed by atoms with van der Waals surface area (Å²) in [5, 5.41) is 4.76. The van der Waals surface area contributed by atoms with Crippen LogP contribution in [0.1, 0.15) is 0 Å². The minimum Gasteiger partial charge on any atom is -0.310 e. The summed E-state index contributed by atoms with van der Waals surface area (Å²) < 4.78 is 4.67. The SMILES string of the molecule is Cn1c(-c2ccncc2)nn(C[NH+]2CCN(c3cccc[nH+]3)CC2)c1=S. The van der Waals surface area contributed by atoms with Crippen LogP contribution in [-0.2, 0) is 13.7 Å². The van der Waals surface area contributed by atoms with Crippen LogP contribution in [0.25, 0.3) is 11.4 Å². The molecule has 0 unspecified atom stereocenters. The lowest BCUT2D eigenvalue weighted by molar-refractivity contribution is -0.924. The van der Waals surface area contributed by atoms with Crippen molar-refractivity contribution in [1.82, 2.24) is 19.3 Å². The first-order valence-corrected chi connectivity index (χ1v) is 9.22.